The molecule has 4 rings (SSSR count). The maximum atomic E-state index is 12.5. The highest BCUT2D eigenvalue weighted by Gasteiger charge is 2.18. The molecule has 4 aromatic rings. The summed E-state index contributed by atoms with van der Waals surface area (Å²) in [7, 11) is 0. The van der Waals surface area contributed by atoms with E-state index < -0.39 is 30.2 Å². The van der Waals surface area contributed by atoms with Gasteiger partial charge in [0, 0.05) is 40.0 Å². The van der Waals surface area contributed by atoms with Crippen LogP contribution in [0.3, 0.4) is 0 Å². The van der Waals surface area contributed by atoms with E-state index >= 15 is 0 Å². The molecule has 0 aliphatic heterocycles. The van der Waals surface area contributed by atoms with Gasteiger partial charge < -0.3 is 34.5 Å². The Bertz CT molecular complexity index is 1480. The Hall–Kier alpha value is -4.27. The number of carbonyl (C=O) groups excluding carboxylic acids is 2. The van der Waals surface area contributed by atoms with E-state index in [1.165, 1.54) is 12.1 Å². The monoisotopic (exact) mass is 463 g/mol. The third-order valence-corrected chi connectivity index (χ3v) is 5.98. The van der Waals surface area contributed by atoms with Crippen LogP contribution in [-0.4, -0.2) is 34.6 Å². The van der Waals surface area contributed by atoms with Crippen molar-refractivity contribution in [1.29, 1.82) is 0 Å². The van der Waals surface area contributed by atoms with E-state index in [0.717, 1.165) is 16.5 Å². The maximum Gasteiger partial charge on any atom is 0.339 e. The molecule has 9 heteroatoms. The van der Waals surface area contributed by atoms with Crippen molar-refractivity contribution in [3.63, 3.8) is 0 Å². The fourth-order valence-electron chi connectivity index (χ4n) is 3.91. The predicted octanol–water partition coefficient (Wildman–Crippen LogP) is 1.76. The highest BCUT2D eigenvalue weighted by atomic mass is 16.5. The van der Waals surface area contributed by atoms with Gasteiger partial charge in [-0.15, -0.1) is 0 Å². The number of phenolic OH excluding ortho intramolecular Hbond substituents is 1. The number of hydrogen-bond acceptors (Lipinski definition) is 7. The minimum Gasteiger partial charge on any atom is -0.548 e. The maximum absolute atomic E-state index is 12.5. The van der Waals surface area contributed by atoms with Crippen molar-refractivity contribution in [3.8, 4) is 11.5 Å². The topological polar surface area (TPSA) is 145 Å². The van der Waals surface area contributed by atoms with Crippen LogP contribution in [0.5, 0.6) is 11.5 Å². The van der Waals surface area contributed by atoms with Crippen molar-refractivity contribution in [2.24, 2.45) is 0 Å². The number of aromatic nitrogens is 1. The highest BCUT2D eigenvalue weighted by molar-refractivity contribution is 5.88. The van der Waals surface area contributed by atoms with E-state index in [-0.39, 0.29) is 12.2 Å². The van der Waals surface area contributed by atoms with Gasteiger partial charge in [0.05, 0.1) is 12.0 Å². The second-order valence-electron chi connectivity index (χ2n) is 8.18. The zero-order valence-corrected chi connectivity index (χ0v) is 18.9. The van der Waals surface area contributed by atoms with E-state index in [0.29, 0.717) is 33.4 Å². The average Bonchev–Trinajstić information content (AvgIpc) is 3.18. The molecule has 34 heavy (non-hydrogen) atoms. The standard InChI is InChI=1S/C25H24N2O7/c1-12-13(2)25(32)34-23-14(3)21(7-5-17(12)23)33-11-22(29)27-20(24(30)31)8-15-10-26-19-6-4-16(28)9-18(15)19/h4-7,9-10,20,26,28H,8,11H2,1-3H3,(H,27,29)(H,30,31)/p-1/t20-/m1/s1. The van der Waals surface area contributed by atoms with E-state index in [1.807, 2.05) is 6.92 Å². The van der Waals surface area contributed by atoms with Crippen molar-refractivity contribution in [2.75, 3.05) is 6.61 Å². The van der Waals surface area contributed by atoms with Gasteiger partial charge in [-0.3, -0.25) is 4.79 Å². The van der Waals surface area contributed by atoms with Crippen LogP contribution in [0.4, 0.5) is 0 Å². The van der Waals surface area contributed by atoms with E-state index in [9.17, 15) is 24.6 Å². The molecule has 0 spiro atoms. The number of carbonyl (C=O) groups is 2. The molecule has 0 fully saturated rings. The number of hydrogen-bond donors (Lipinski definition) is 3. The first-order valence-corrected chi connectivity index (χ1v) is 10.6. The summed E-state index contributed by atoms with van der Waals surface area (Å²) in [5.41, 5.74) is 3.16. The predicted molar refractivity (Wildman–Crippen MR) is 123 cm³/mol. The summed E-state index contributed by atoms with van der Waals surface area (Å²) in [6.07, 6.45) is 1.58. The molecule has 0 bridgehead atoms. The Labute approximate surface area is 194 Å². The van der Waals surface area contributed by atoms with Crippen LogP contribution < -0.4 is 20.8 Å². The fourth-order valence-corrected chi connectivity index (χ4v) is 3.91. The fraction of sp³-hybridized carbons (Fsp3) is 0.240. The summed E-state index contributed by atoms with van der Waals surface area (Å²) in [5.74, 6) is -1.72. The summed E-state index contributed by atoms with van der Waals surface area (Å²) < 4.78 is 11.0. The number of aromatic amines is 1. The molecular weight excluding hydrogens is 440 g/mol. The minimum atomic E-state index is -1.45. The van der Waals surface area contributed by atoms with E-state index in [4.69, 9.17) is 9.15 Å². The van der Waals surface area contributed by atoms with Crippen molar-refractivity contribution in [3.05, 3.63) is 69.2 Å². The first-order chi connectivity index (χ1) is 16.2. The lowest BCUT2D eigenvalue weighted by Crippen LogP contribution is -2.50. The van der Waals surface area contributed by atoms with Gasteiger partial charge >= 0.3 is 5.63 Å². The molecule has 0 aliphatic carbocycles. The van der Waals surface area contributed by atoms with Crippen LogP contribution in [0, 0.1) is 20.8 Å². The number of benzene rings is 2. The lowest BCUT2D eigenvalue weighted by Gasteiger charge is -2.20. The molecule has 9 nitrogen and oxygen atoms in total. The Morgan fingerprint density at radius 2 is 1.88 bits per heavy atom. The number of aliphatic carboxylic acids is 1. The number of amides is 1. The quantitative estimate of drug-likeness (QED) is 0.354. The zero-order valence-electron chi connectivity index (χ0n) is 18.9. The van der Waals surface area contributed by atoms with Crippen molar-refractivity contribution >= 4 is 33.7 Å². The molecule has 2 aromatic heterocycles. The Balaban J connectivity index is 1.47. The number of rotatable bonds is 7. The zero-order chi connectivity index (χ0) is 24.6. The van der Waals surface area contributed by atoms with Crippen LogP contribution in [0.2, 0.25) is 0 Å². The van der Waals surface area contributed by atoms with Gasteiger partial charge in [-0.05, 0) is 62.2 Å². The molecule has 2 aromatic carbocycles. The molecular formula is C25H23N2O7-. The number of carboxylic acids is 1. The highest BCUT2D eigenvalue weighted by Crippen LogP contribution is 2.29. The van der Waals surface area contributed by atoms with Gasteiger partial charge in [0.25, 0.3) is 5.91 Å². The normalized spacial score (nSPS) is 12.1. The molecule has 1 atom stereocenters. The number of phenols is 1. The summed E-state index contributed by atoms with van der Waals surface area (Å²) in [4.78, 5) is 39.2. The summed E-state index contributed by atoms with van der Waals surface area (Å²) in [6.45, 7) is 4.79. The minimum absolute atomic E-state index is 0.0442. The Morgan fingerprint density at radius 3 is 2.62 bits per heavy atom. The van der Waals surface area contributed by atoms with Crippen LogP contribution in [0.1, 0.15) is 22.3 Å². The van der Waals surface area contributed by atoms with Gasteiger partial charge in [0.1, 0.15) is 17.1 Å². The third kappa shape index (κ3) is 4.32. The molecule has 2 heterocycles. The Morgan fingerprint density at radius 1 is 1.12 bits per heavy atom. The first kappa shape index (κ1) is 22.9. The summed E-state index contributed by atoms with van der Waals surface area (Å²) in [6, 6.07) is 6.82. The summed E-state index contributed by atoms with van der Waals surface area (Å²) >= 11 is 0. The molecule has 0 radical (unpaired) electrons. The lowest BCUT2D eigenvalue weighted by atomic mass is 10.0. The molecule has 3 N–H and O–H groups in total. The molecule has 0 saturated carbocycles. The molecule has 0 aliphatic rings. The second kappa shape index (κ2) is 8.93. The first-order valence-electron chi connectivity index (χ1n) is 10.6. The van der Waals surface area contributed by atoms with Gasteiger partial charge in [-0.2, -0.15) is 0 Å². The largest absolute Gasteiger partial charge is 0.548 e. The number of carboxylic acid groups (broad SMARTS) is 1. The third-order valence-electron chi connectivity index (χ3n) is 5.98. The van der Waals surface area contributed by atoms with Crippen molar-refractivity contribution in [2.45, 2.75) is 33.2 Å². The van der Waals surface area contributed by atoms with Crippen LogP contribution in [0.25, 0.3) is 21.9 Å². The Kier molecular flexibility index (Phi) is 6.02. The number of aryl methyl sites for hydroxylation is 2. The van der Waals surface area contributed by atoms with Gasteiger partial charge in [0.2, 0.25) is 0 Å². The smallest absolute Gasteiger partial charge is 0.339 e. The van der Waals surface area contributed by atoms with E-state index in [1.54, 1.807) is 38.2 Å². The van der Waals surface area contributed by atoms with E-state index in [2.05, 4.69) is 10.3 Å². The molecule has 0 saturated heterocycles. The van der Waals surface area contributed by atoms with Crippen LogP contribution >= 0.6 is 0 Å². The van der Waals surface area contributed by atoms with Crippen LogP contribution in [0.15, 0.2) is 45.7 Å². The summed E-state index contributed by atoms with van der Waals surface area (Å²) in [5, 5.41) is 25.2. The molecule has 176 valence electrons. The number of ether oxygens (including phenoxy) is 1. The van der Waals surface area contributed by atoms with Crippen molar-refractivity contribution in [1.82, 2.24) is 10.3 Å². The van der Waals surface area contributed by atoms with Crippen molar-refractivity contribution < 1.29 is 29.0 Å². The number of H-pyrrole nitrogens is 1. The van der Waals surface area contributed by atoms with Gasteiger partial charge in [-0.1, -0.05) is 0 Å². The molecule has 1 amide bonds. The van der Waals surface area contributed by atoms with Crippen LogP contribution in [-0.2, 0) is 16.0 Å². The number of fused-ring (bicyclic) bond motifs is 2. The second-order valence-corrected chi connectivity index (χ2v) is 8.18. The van der Waals surface area contributed by atoms with Gasteiger partial charge in [0.15, 0.2) is 6.61 Å². The average molecular weight is 463 g/mol. The van der Waals surface area contributed by atoms with Gasteiger partial charge in [-0.25, -0.2) is 4.79 Å². The molecule has 0 unspecified atom stereocenters. The number of nitrogens with one attached hydrogen (secondary N) is 2. The lowest BCUT2D eigenvalue weighted by molar-refractivity contribution is -0.308. The number of aromatic hydroxyl groups is 1. The SMILES string of the molecule is Cc1c(C)c2ccc(OCC(=O)N[C@H](Cc3c[nH]c4ccc(O)cc34)C(=O)[O-])c(C)c2oc1=O.